The summed E-state index contributed by atoms with van der Waals surface area (Å²) in [4.78, 5) is 18.3. The fourth-order valence-electron chi connectivity index (χ4n) is 2.99. The van der Waals surface area contributed by atoms with Crippen molar-refractivity contribution in [2.75, 3.05) is 18.6 Å². The molecule has 6 heteroatoms. The Morgan fingerprint density at radius 1 is 1.38 bits per heavy atom. The van der Waals surface area contributed by atoms with Gasteiger partial charge in [0.1, 0.15) is 11.6 Å². The third-order valence-electron chi connectivity index (χ3n) is 4.26. The molecule has 5 nitrogen and oxygen atoms in total. The molecule has 24 heavy (non-hydrogen) atoms. The topological polar surface area (TPSA) is 54.5 Å². The molecule has 1 aliphatic heterocycles. The standard InChI is InChI=1S/C18H20FN3O2/c1-12(13-9-14(19)11-20-10-13)21-15-7-8-22(18(15)23)16-5-3-4-6-17(16)24-2/h3-6,9-12,15,21H,7-8H2,1-2H3/t12-,15+/m1/s1. The molecule has 1 amide bonds. The summed E-state index contributed by atoms with van der Waals surface area (Å²) in [7, 11) is 1.59. The van der Waals surface area contributed by atoms with E-state index in [1.165, 1.54) is 12.3 Å². The summed E-state index contributed by atoms with van der Waals surface area (Å²) in [6, 6.07) is 8.42. The second-order valence-corrected chi connectivity index (χ2v) is 5.83. The van der Waals surface area contributed by atoms with Crippen LogP contribution < -0.4 is 15.0 Å². The predicted molar refractivity (Wildman–Crippen MR) is 89.5 cm³/mol. The SMILES string of the molecule is COc1ccccc1N1CC[C@H](N[C@H](C)c2cncc(F)c2)C1=O. The third kappa shape index (κ3) is 3.23. The largest absolute Gasteiger partial charge is 0.495 e. The van der Waals surface area contributed by atoms with Gasteiger partial charge in [0.2, 0.25) is 5.91 Å². The van der Waals surface area contributed by atoms with Gasteiger partial charge in [-0.15, -0.1) is 0 Å². The van der Waals surface area contributed by atoms with E-state index in [9.17, 15) is 9.18 Å². The maximum absolute atomic E-state index is 13.3. The Hall–Kier alpha value is -2.47. The zero-order valence-electron chi connectivity index (χ0n) is 13.7. The van der Waals surface area contributed by atoms with E-state index in [2.05, 4.69) is 10.3 Å². The molecule has 126 valence electrons. The van der Waals surface area contributed by atoms with E-state index in [-0.39, 0.29) is 23.8 Å². The molecule has 0 aliphatic carbocycles. The fraction of sp³-hybridized carbons (Fsp3) is 0.333. The van der Waals surface area contributed by atoms with E-state index in [1.54, 1.807) is 18.2 Å². The number of nitrogens with zero attached hydrogens (tertiary/aromatic N) is 2. The van der Waals surface area contributed by atoms with Crippen LogP contribution in [0, 0.1) is 5.82 Å². The number of carbonyl (C=O) groups is 1. The van der Waals surface area contributed by atoms with E-state index < -0.39 is 0 Å². The van der Waals surface area contributed by atoms with Crippen LogP contribution in [-0.4, -0.2) is 30.6 Å². The molecule has 0 radical (unpaired) electrons. The zero-order chi connectivity index (χ0) is 17.1. The van der Waals surface area contributed by atoms with Crippen molar-refractivity contribution in [2.45, 2.75) is 25.4 Å². The van der Waals surface area contributed by atoms with Crippen molar-refractivity contribution in [3.63, 3.8) is 0 Å². The molecular formula is C18H20FN3O2. The molecule has 3 rings (SSSR count). The first-order valence-corrected chi connectivity index (χ1v) is 7.91. The van der Waals surface area contributed by atoms with Crippen LogP contribution >= 0.6 is 0 Å². The predicted octanol–water partition coefficient (Wildman–Crippen LogP) is 2.69. The Labute approximate surface area is 140 Å². The number of pyridine rings is 1. The lowest BCUT2D eigenvalue weighted by Crippen LogP contribution is -2.39. The number of ether oxygens (including phenoxy) is 1. The number of nitrogens with one attached hydrogen (secondary N) is 1. The third-order valence-corrected chi connectivity index (χ3v) is 4.26. The number of benzene rings is 1. The molecule has 2 aromatic rings. The summed E-state index contributed by atoms with van der Waals surface area (Å²) >= 11 is 0. The van der Waals surface area contributed by atoms with Crippen LogP contribution in [0.15, 0.2) is 42.7 Å². The van der Waals surface area contributed by atoms with Crippen molar-refractivity contribution < 1.29 is 13.9 Å². The van der Waals surface area contributed by atoms with Gasteiger partial charge in [-0.05, 0) is 37.1 Å². The number of halogens is 1. The van der Waals surface area contributed by atoms with Gasteiger partial charge < -0.3 is 9.64 Å². The smallest absolute Gasteiger partial charge is 0.244 e. The van der Waals surface area contributed by atoms with Crippen molar-refractivity contribution in [2.24, 2.45) is 0 Å². The van der Waals surface area contributed by atoms with Gasteiger partial charge >= 0.3 is 0 Å². The summed E-state index contributed by atoms with van der Waals surface area (Å²) in [6.45, 7) is 2.51. The van der Waals surface area contributed by atoms with E-state index in [0.717, 1.165) is 11.3 Å². The molecule has 2 heterocycles. The number of aromatic nitrogens is 1. The summed E-state index contributed by atoms with van der Waals surface area (Å²) in [5, 5.41) is 3.27. The minimum Gasteiger partial charge on any atom is -0.495 e. The monoisotopic (exact) mass is 329 g/mol. The number of amides is 1. The van der Waals surface area contributed by atoms with Crippen molar-refractivity contribution in [1.82, 2.24) is 10.3 Å². The first-order valence-electron chi connectivity index (χ1n) is 7.91. The average molecular weight is 329 g/mol. The molecule has 1 aromatic carbocycles. The Balaban J connectivity index is 1.72. The Bertz CT molecular complexity index is 738. The molecule has 0 saturated carbocycles. The van der Waals surface area contributed by atoms with E-state index in [4.69, 9.17) is 4.74 Å². The second kappa shape index (κ2) is 6.97. The summed E-state index contributed by atoms with van der Waals surface area (Å²) in [5.41, 5.74) is 1.49. The van der Waals surface area contributed by atoms with Crippen LogP contribution in [0.4, 0.5) is 10.1 Å². The molecule has 2 atom stereocenters. The van der Waals surface area contributed by atoms with Crippen molar-refractivity contribution in [3.05, 3.63) is 54.1 Å². The van der Waals surface area contributed by atoms with Gasteiger partial charge in [-0.3, -0.25) is 15.1 Å². The number of hydrogen-bond acceptors (Lipinski definition) is 4. The van der Waals surface area contributed by atoms with Gasteiger partial charge in [-0.25, -0.2) is 4.39 Å². The lowest BCUT2D eigenvalue weighted by atomic mass is 10.1. The molecule has 1 aromatic heterocycles. The number of hydrogen-bond donors (Lipinski definition) is 1. The lowest BCUT2D eigenvalue weighted by molar-refractivity contribution is -0.119. The van der Waals surface area contributed by atoms with Crippen molar-refractivity contribution in [1.29, 1.82) is 0 Å². The van der Waals surface area contributed by atoms with Gasteiger partial charge in [-0.2, -0.15) is 0 Å². The summed E-state index contributed by atoms with van der Waals surface area (Å²) in [5.74, 6) is 0.291. The summed E-state index contributed by atoms with van der Waals surface area (Å²) < 4.78 is 18.6. The average Bonchev–Trinajstić information content (AvgIpc) is 2.95. The van der Waals surface area contributed by atoms with Gasteiger partial charge in [0.05, 0.1) is 25.0 Å². The molecule has 0 spiro atoms. The van der Waals surface area contributed by atoms with Crippen molar-refractivity contribution >= 4 is 11.6 Å². The van der Waals surface area contributed by atoms with Crippen LogP contribution in [0.1, 0.15) is 24.9 Å². The molecule has 1 N–H and O–H groups in total. The highest BCUT2D eigenvalue weighted by Crippen LogP contribution is 2.31. The number of rotatable bonds is 5. The number of methoxy groups -OCH3 is 1. The van der Waals surface area contributed by atoms with Gasteiger partial charge in [0, 0.05) is 18.8 Å². The highest BCUT2D eigenvalue weighted by Gasteiger charge is 2.34. The molecule has 0 unspecified atom stereocenters. The molecule has 0 bridgehead atoms. The van der Waals surface area contributed by atoms with Gasteiger partial charge in [0.25, 0.3) is 0 Å². The first-order chi connectivity index (χ1) is 11.6. The van der Waals surface area contributed by atoms with Crippen LogP contribution in [0.5, 0.6) is 5.75 Å². The normalized spacial score (nSPS) is 18.7. The minimum absolute atomic E-state index is 0.00397. The van der Waals surface area contributed by atoms with Crippen LogP contribution in [0.3, 0.4) is 0 Å². The van der Waals surface area contributed by atoms with Crippen LogP contribution in [0.2, 0.25) is 0 Å². The quantitative estimate of drug-likeness (QED) is 0.916. The summed E-state index contributed by atoms with van der Waals surface area (Å²) in [6.07, 6.45) is 3.46. The van der Waals surface area contributed by atoms with Crippen molar-refractivity contribution in [3.8, 4) is 5.75 Å². The number of anilines is 1. The van der Waals surface area contributed by atoms with E-state index in [0.29, 0.717) is 18.7 Å². The Morgan fingerprint density at radius 3 is 2.92 bits per heavy atom. The van der Waals surface area contributed by atoms with Gasteiger partial charge in [-0.1, -0.05) is 12.1 Å². The first kappa shape index (κ1) is 16.4. The highest BCUT2D eigenvalue weighted by atomic mass is 19.1. The lowest BCUT2D eigenvalue weighted by Gasteiger charge is -2.21. The number of para-hydroxylation sites is 2. The highest BCUT2D eigenvalue weighted by molar-refractivity contribution is 6.00. The van der Waals surface area contributed by atoms with E-state index in [1.807, 2.05) is 31.2 Å². The Morgan fingerprint density at radius 2 is 2.17 bits per heavy atom. The molecule has 1 saturated heterocycles. The molecular weight excluding hydrogens is 309 g/mol. The minimum atomic E-state index is -0.380. The fourth-order valence-corrected chi connectivity index (χ4v) is 2.99. The maximum atomic E-state index is 13.3. The number of carbonyl (C=O) groups excluding carboxylic acids is 1. The van der Waals surface area contributed by atoms with Crippen LogP contribution in [-0.2, 0) is 4.79 Å². The molecule has 1 fully saturated rings. The van der Waals surface area contributed by atoms with E-state index >= 15 is 0 Å². The molecule has 1 aliphatic rings. The Kier molecular flexibility index (Phi) is 4.76. The maximum Gasteiger partial charge on any atom is 0.244 e. The zero-order valence-corrected chi connectivity index (χ0v) is 13.7. The van der Waals surface area contributed by atoms with Crippen LogP contribution in [0.25, 0.3) is 0 Å². The second-order valence-electron chi connectivity index (χ2n) is 5.83. The van der Waals surface area contributed by atoms with Gasteiger partial charge in [0.15, 0.2) is 0 Å².